The minimum Gasteiger partial charge on any atom is -0.394 e. The number of hydrogen-bond donors (Lipinski definition) is 3. The Labute approximate surface area is 235 Å². The van der Waals surface area contributed by atoms with Crippen LogP contribution >= 0.6 is 0 Å². The van der Waals surface area contributed by atoms with Gasteiger partial charge in [0.1, 0.15) is 11.6 Å². The molecule has 3 amide bonds. The summed E-state index contributed by atoms with van der Waals surface area (Å²) >= 11 is 0. The van der Waals surface area contributed by atoms with Crippen LogP contribution in [0.3, 0.4) is 0 Å². The average molecular weight is 549 g/mol. The molecule has 3 fully saturated rings. The number of anilines is 2. The average Bonchev–Trinajstić information content (AvgIpc) is 3.54. The number of fused-ring (bicyclic) bond motifs is 1. The highest BCUT2D eigenvalue weighted by Gasteiger charge is 2.78. The highest BCUT2D eigenvalue weighted by Crippen LogP contribution is 2.63. The first-order valence-electron chi connectivity index (χ1n) is 14.3. The lowest BCUT2D eigenvalue weighted by Crippen LogP contribution is -2.55. The lowest BCUT2D eigenvalue weighted by Gasteiger charge is -2.35. The van der Waals surface area contributed by atoms with Crippen molar-refractivity contribution in [2.45, 2.75) is 70.4 Å². The molecule has 2 aromatic rings. The number of benzene rings is 2. The predicted octanol–water partition coefficient (Wildman–Crippen LogP) is 2.93. The number of nitrogens with one attached hydrogen (secondary N) is 2. The van der Waals surface area contributed by atoms with Crippen LogP contribution in [0.4, 0.5) is 11.4 Å². The topological polar surface area (TPSA) is 111 Å². The van der Waals surface area contributed by atoms with Crippen LogP contribution < -0.4 is 15.5 Å². The second-order valence-electron chi connectivity index (χ2n) is 11.4. The van der Waals surface area contributed by atoms with E-state index in [1.165, 1.54) is 4.90 Å². The van der Waals surface area contributed by atoms with Crippen LogP contribution in [0.25, 0.3) is 0 Å². The fourth-order valence-corrected chi connectivity index (χ4v) is 7.08. The van der Waals surface area contributed by atoms with Crippen molar-refractivity contribution in [1.82, 2.24) is 10.2 Å². The fourth-order valence-electron chi connectivity index (χ4n) is 7.08. The Bertz CT molecular complexity index is 1250. The maximum Gasteiger partial charge on any atom is 0.250 e. The maximum atomic E-state index is 14.0. The molecular formula is C31H40N4O5. The second-order valence-corrected chi connectivity index (χ2v) is 11.4. The Kier molecular flexibility index (Phi) is 7.63. The van der Waals surface area contributed by atoms with Gasteiger partial charge in [-0.05, 0) is 70.4 Å². The van der Waals surface area contributed by atoms with Crippen molar-refractivity contribution in [2.24, 2.45) is 11.8 Å². The van der Waals surface area contributed by atoms with Crippen molar-refractivity contribution in [3.8, 4) is 0 Å². The normalized spacial score (nSPS) is 29.3. The van der Waals surface area contributed by atoms with Gasteiger partial charge in [-0.1, -0.05) is 30.3 Å². The van der Waals surface area contributed by atoms with Gasteiger partial charge in [0.25, 0.3) is 0 Å². The standard InChI is InChI=1S/C31H40N4O5/c1-5-34(6-2)23-14-12-22(13-15-23)33-28(38)26-31-17-16-30(4,40-31)24(25(31)29(39)35(26)20(3)19-36)27(37)32-18-21-10-8-7-9-11-21/h7-15,20,24-26,36H,5-6,16-19H2,1-4H3,(H,32,37)(H,33,38)/t20-,24-,25+,26?,30+,31?/m1/s1. The number of likely N-dealkylation sites (tertiary alicyclic amines) is 1. The Hall–Kier alpha value is -3.43. The molecule has 3 N–H and O–H groups in total. The van der Waals surface area contributed by atoms with Gasteiger partial charge in [0.2, 0.25) is 17.7 Å². The summed E-state index contributed by atoms with van der Waals surface area (Å²) in [4.78, 5) is 45.3. The Morgan fingerprint density at radius 1 is 1.07 bits per heavy atom. The minimum atomic E-state index is -1.14. The Morgan fingerprint density at radius 3 is 2.38 bits per heavy atom. The number of hydrogen-bond acceptors (Lipinski definition) is 6. The van der Waals surface area contributed by atoms with Crippen LogP contribution in [0.1, 0.15) is 46.1 Å². The minimum absolute atomic E-state index is 0.254. The van der Waals surface area contributed by atoms with Gasteiger partial charge in [0, 0.05) is 31.0 Å². The molecule has 40 heavy (non-hydrogen) atoms. The molecular weight excluding hydrogens is 508 g/mol. The van der Waals surface area contributed by atoms with Crippen molar-refractivity contribution in [3.05, 3.63) is 60.2 Å². The molecule has 0 saturated carbocycles. The Balaban J connectivity index is 1.42. The van der Waals surface area contributed by atoms with E-state index >= 15 is 0 Å². The van der Waals surface area contributed by atoms with E-state index in [0.29, 0.717) is 25.1 Å². The monoisotopic (exact) mass is 548 g/mol. The molecule has 1 spiro atoms. The molecule has 6 atom stereocenters. The molecule has 3 aliphatic rings. The molecule has 3 saturated heterocycles. The van der Waals surface area contributed by atoms with Crippen LogP contribution in [0.15, 0.2) is 54.6 Å². The molecule has 9 heteroatoms. The van der Waals surface area contributed by atoms with Crippen LogP contribution in [0, 0.1) is 11.8 Å². The van der Waals surface area contributed by atoms with Gasteiger partial charge in [-0.25, -0.2) is 0 Å². The summed E-state index contributed by atoms with van der Waals surface area (Å²) in [6, 6.07) is 15.6. The van der Waals surface area contributed by atoms with Crippen LogP contribution in [-0.4, -0.2) is 70.7 Å². The number of aliphatic hydroxyl groups excluding tert-OH is 1. The highest BCUT2D eigenvalue weighted by molar-refractivity contribution is 6.04. The summed E-state index contributed by atoms with van der Waals surface area (Å²) in [5, 5.41) is 16.0. The molecule has 2 aromatic carbocycles. The van der Waals surface area contributed by atoms with E-state index in [1.807, 2.05) is 61.5 Å². The molecule has 3 aliphatic heterocycles. The van der Waals surface area contributed by atoms with Crippen molar-refractivity contribution < 1.29 is 24.2 Å². The zero-order valence-corrected chi connectivity index (χ0v) is 23.7. The number of nitrogens with zero attached hydrogens (tertiary/aromatic N) is 2. The lowest BCUT2D eigenvalue weighted by molar-refractivity contribution is -0.147. The van der Waals surface area contributed by atoms with E-state index < -0.39 is 35.1 Å². The number of rotatable bonds is 10. The van der Waals surface area contributed by atoms with Gasteiger partial charge in [0.15, 0.2) is 0 Å². The zero-order valence-electron chi connectivity index (χ0n) is 23.7. The van der Waals surface area contributed by atoms with E-state index in [0.717, 1.165) is 24.3 Å². The lowest BCUT2D eigenvalue weighted by atomic mass is 9.66. The first-order chi connectivity index (χ1) is 19.2. The van der Waals surface area contributed by atoms with Crippen molar-refractivity contribution in [2.75, 3.05) is 29.9 Å². The van der Waals surface area contributed by atoms with Crippen LogP contribution in [-0.2, 0) is 25.7 Å². The number of carbonyl (C=O) groups excluding carboxylic acids is 3. The van der Waals surface area contributed by atoms with Crippen molar-refractivity contribution in [3.63, 3.8) is 0 Å². The number of aliphatic hydroxyl groups is 1. The van der Waals surface area contributed by atoms with E-state index in [-0.39, 0.29) is 24.3 Å². The highest BCUT2D eigenvalue weighted by atomic mass is 16.5. The molecule has 2 unspecified atom stereocenters. The number of ether oxygens (including phenoxy) is 1. The summed E-state index contributed by atoms with van der Waals surface area (Å²) < 4.78 is 6.63. The molecule has 0 aromatic heterocycles. The van der Waals surface area contributed by atoms with Gasteiger partial charge in [0.05, 0.1) is 30.1 Å². The molecule has 0 aliphatic carbocycles. The molecule has 0 radical (unpaired) electrons. The molecule has 214 valence electrons. The maximum absolute atomic E-state index is 14.0. The molecule has 3 heterocycles. The zero-order chi connectivity index (χ0) is 28.7. The second kappa shape index (κ2) is 10.9. The third-order valence-corrected chi connectivity index (χ3v) is 9.06. The van der Waals surface area contributed by atoms with Gasteiger partial charge in [-0.3, -0.25) is 14.4 Å². The summed E-state index contributed by atoms with van der Waals surface area (Å²) in [6.45, 7) is 9.56. The summed E-state index contributed by atoms with van der Waals surface area (Å²) in [5.41, 5.74) is 0.621. The number of amides is 3. The van der Waals surface area contributed by atoms with Crippen molar-refractivity contribution in [1.29, 1.82) is 0 Å². The fraction of sp³-hybridized carbons (Fsp3) is 0.516. The molecule has 2 bridgehead atoms. The smallest absolute Gasteiger partial charge is 0.250 e. The predicted molar refractivity (Wildman–Crippen MR) is 153 cm³/mol. The first kappa shape index (κ1) is 28.1. The van der Waals surface area contributed by atoms with E-state index in [4.69, 9.17) is 4.74 Å². The summed E-state index contributed by atoms with van der Waals surface area (Å²) in [5.74, 6) is -2.49. The van der Waals surface area contributed by atoms with Crippen LogP contribution in [0.5, 0.6) is 0 Å². The van der Waals surface area contributed by atoms with E-state index in [9.17, 15) is 19.5 Å². The van der Waals surface area contributed by atoms with E-state index in [2.05, 4.69) is 29.4 Å². The third kappa shape index (κ3) is 4.55. The molecule has 5 rings (SSSR count). The van der Waals surface area contributed by atoms with Gasteiger partial charge in [-0.15, -0.1) is 0 Å². The van der Waals surface area contributed by atoms with Crippen molar-refractivity contribution >= 4 is 29.1 Å². The van der Waals surface area contributed by atoms with Gasteiger partial charge >= 0.3 is 0 Å². The van der Waals surface area contributed by atoms with Gasteiger partial charge < -0.3 is 30.3 Å². The van der Waals surface area contributed by atoms with E-state index in [1.54, 1.807) is 6.92 Å². The summed E-state index contributed by atoms with van der Waals surface area (Å²) in [6.07, 6.45) is 1.04. The first-order valence-corrected chi connectivity index (χ1v) is 14.3. The largest absolute Gasteiger partial charge is 0.394 e. The third-order valence-electron chi connectivity index (χ3n) is 9.06. The van der Waals surface area contributed by atoms with Crippen LogP contribution in [0.2, 0.25) is 0 Å². The quantitative estimate of drug-likeness (QED) is 0.421. The SMILES string of the molecule is CCN(CC)c1ccc(NC(=O)C2N([C@H](C)CO)C(=O)[C@@H]3[C@H](C(=O)NCc4ccccc4)[C@]4(C)CCC23O4)cc1. The van der Waals surface area contributed by atoms with Gasteiger partial charge in [-0.2, -0.15) is 0 Å². The Morgan fingerprint density at radius 2 is 1.75 bits per heavy atom. The number of carbonyl (C=O) groups is 3. The molecule has 9 nitrogen and oxygen atoms in total. The summed E-state index contributed by atoms with van der Waals surface area (Å²) in [7, 11) is 0.